The van der Waals surface area contributed by atoms with Crippen LogP contribution < -0.4 is 5.32 Å². The summed E-state index contributed by atoms with van der Waals surface area (Å²) < 4.78 is 4.87. The highest BCUT2D eigenvalue weighted by molar-refractivity contribution is 7.71. The molecular weight excluding hydrogens is 396 g/mol. The molecule has 4 rings (SSSR count). The third kappa shape index (κ3) is 5.17. The summed E-state index contributed by atoms with van der Waals surface area (Å²) >= 11 is 5.81. The Morgan fingerprint density at radius 1 is 1.10 bits per heavy atom. The first-order valence-corrected chi connectivity index (χ1v) is 11.2. The first kappa shape index (κ1) is 21.2. The minimum atomic E-state index is -0.188. The summed E-state index contributed by atoms with van der Waals surface area (Å²) in [5.74, 6) is 1.70. The third-order valence-electron chi connectivity index (χ3n) is 5.50. The summed E-state index contributed by atoms with van der Waals surface area (Å²) in [6.45, 7) is 10.7. The molecule has 2 aliphatic rings. The second kappa shape index (κ2) is 8.61. The number of carbonyl (C=O) groups excluding carboxylic acids is 1. The zero-order valence-corrected chi connectivity index (χ0v) is 19.0. The molecule has 2 heterocycles. The number of aromatic nitrogens is 3. The van der Waals surface area contributed by atoms with E-state index in [2.05, 4.69) is 31.8 Å². The van der Waals surface area contributed by atoms with Gasteiger partial charge in [0.1, 0.15) is 5.82 Å². The van der Waals surface area contributed by atoms with Crippen LogP contribution in [0.5, 0.6) is 0 Å². The van der Waals surface area contributed by atoms with Crippen LogP contribution in [-0.2, 0) is 11.5 Å². The lowest BCUT2D eigenvalue weighted by Gasteiger charge is -2.34. The lowest BCUT2D eigenvalue weighted by Crippen LogP contribution is -2.51. The number of benzene rings is 1. The van der Waals surface area contributed by atoms with Crippen LogP contribution in [0.1, 0.15) is 45.4 Å². The van der Waals surface area contributed by atoms with Crippen LogP contribution in [0.25, 0.3) is 5.69 Å². The van der Waals surface area contributed by atoms with Gasteiger partial charge >= 0.3 is 0 Å². The van der Waals surface area contributed by atoms with Gasteiger partial charge in [0.05, 0.1) is 13.2 Å². The van der Waals surface area contributed by atoms with E-state index in [1.807, 2.05) is 43.7 Å². The van der Waals surface area contributed by atoms with Crippen LogP contribution >= 0.6 is 12.2 Å². The molecule has 162 valence electrons. The van der Waals surface area contributed by atoms with E-state index in [-0.39, 0.29) is 11.4 Å². The highest BCUT2D eigenvalue weighted by atomic mass is 32.1. The summed E-state index contributed by atoms with van der Waals surface area (Å²) in [6, 6.07) is 10.3. The van der Waals surface area contributed by atoms with Crippen molar-refractivity contribution in [3.8, 4) is 5.69 Å². The summed E-state index contributed by atoms with van der Waals surface area (Å²) in [4.78, 5) is 16.8. The molecule has 0 radical (unpaired) electrons. The molecule has 0 unspecified atom stereocenters. The maximum absolute atomic E-state index is 12.2. The maximum Gasteiger partial charge on any atom is 0.234 e. The van der Waals surface area contributed by atoms with Crippen LogP contribution in [0.2, 0.25) is 0 Å². The molecular formula is C22H32N6OS. The van der Waals surface area contributed by atoms with Gasteiger partial charge < -0.3 is 5.32 Å². The molecule has 0 bridgehead atoms. The minimum absolute atomic E-state index is 0.0915. The fourth-order valence-electron chi connectivity index (χ4n) is 3.88. The van der Waals surface area contributed by atoms with Crippen molar-refractivity contribution >= 4 is 18.1 Å². The van der Waals surface area contributed by atoms with Crippen molar-refractivity contribution in [1.29, 1.82) is 0 Å². The fraction of sp³-hybridized carbons (Fsp3) is 0.591. The maximum atomic E-state index is 12.2. The number of rotatable bonds is 6. The lowest BCUT2D eigenvalue weighted by atomic mass is 10.1. The van der Waals surface area contributed by atoms with Gasteiger partial charge in [-0.1, -0.05) is 18.2 Å². The van der Waals surface area contributed by atoms with Gasteiger partial charge in [0.2, 0.25) is 10.7 Å². The second-order valence-electron chi connectivity index (χ2n) is 9.42. The van der Waals surface area contributed by atoms with Crippen molar-refractivity contribution in [3.63, 3.8) is 0 Å². The van der Waals surface area contributed by atoms with E-state index < -0.39 is 0 Å². The summed E-state index contributed by atoms with van der Waals surface area (Å²) in [5.41, 5.74) is 0.900. The van der Waals surface area contributed by atoms with E-state index in [0.29, 0.717) is 19.1 Å². The molecule has 1 aliphatic carbocycles. The van der Waals surface area contributed by atoms with Crippen molar-refractivity contribution in [3.05, 3.63) is 40.9 Å². The van der Waals surface area contributed by atoms with E-state index in [1.165, 1.54) is 12.8 Å². The largest absolute Gasteiger partial charge is 0.350 e. The highest BCUT2D eigenvalue weighted by Gasteiger charge is 2.31. The second-order valence-corrected chi connectivity index (χ2v) is 9.78. The predicted octanol–water partition coefficient (Wildman–Crippen LogP) is 2.77. The molecule has 0 atom stereocenters. The Kier molecular flexibility index (Phi) is 6.09. The Labute approximate surface area is 183 Å². The smallest absolute Gasteiger partial charge is 0.234 e. The monoisotopic (exact) mass is 428 g/mol. The van der Waals surface area contributed by atoms with Gasteiger partial charge in [0.15, 0.2) is 0 Å². The molecule has 1 aromatic carbocycles. The molecule has 1 N–H and O–H groups in total. The number of hydrogen-bond acceptors (Lipinski definition) is 5. The summed E-state index contributed by atoms with van der Waals surface area (Å²) in [7, 11) is 0. The number of hydrogen-bond donors (Lipinski definition) is 1. The first-order chi connectivity index (χ1) is 14.3. The summed E-state index contributed by atoms with van der Waals surface area (Å²) in [6.07, 6.45) is 2.38. The average Bonchev–Trinajstić information content (AvgIpc) is 3.48. The number of piperazine rings is 1. The van der Waals surface area contributed by atoms with Crippen molar-refractivity contribution < 1.29 is 4.79 Å². The Morgan fingerprint density at radius 3 is 2.33 bits per heavy atom. The van der Waals surface area contributed by atoms with Gasteiger partial charge in [-0.3, -0.25) is 19.2 Å². The molecule has 2 fully saturated rings. The topological polar surface area (TPSA) is 58.3 Å². The first-order valence-electron chi connectivity index (χ1n) is 10.8. The van der Waals surface area contributed by atoms with Crippen LogP contribution in [0.4, 0.5) is 0 Å². The molecule has 1 aromatic heterocycles. The van der Waals surface area contributed by atoms with Crippen molar-refractivity contribution in [2.24, 2.45) is 0 Å². The van der Waals surface area contributed by atoms with Crippen LogP contribution in [-0.4, -0.2) is 68.3 Å². The van der Waals surface area contributed by atoms with E-state index in [4.69, 9.17) is 17.3 Å². The number of nitrogens with zero attached hydrogens (tertiary/aromatic N) is 5. The molecule has 2 aromatic rings. The Bertz CT molecular complexity index is 933. The zero-order chi connectivity index (χ0) is 21.3. The zero-order valence-electron chi connectivity index (χ0n) is 18.2. The molecule has 8 heteroatoms. The number of amides is 1. The van der Waals surface area contributed by atoms with Crippen LogP contribution in [0, 0.1) is 4.77 Å². The number of nitrogens with one attached hydrogen (secondary N) is 1. The normalized spacial score (nSPS) is 18.5. The van der Waals surface area contributed by atoms with Crippen LogP contribution in [0.3, 0.4) is 0 Å². The number of para-hydroxylation sites is 1. The predicted molar refractivity (Wildman–Crippen MR) is 120 cm³/mol. The quantitative estimate of drug-likeness (QED) is 0.717. The fourth-order valence-corrected chi connectivity index (χ4v) is 4.18. The Balaban J connectivity index is 1.39. The van der Waals surface area contributed by atoms with Gasteiger partial charge in [0.25, 0.3) is 0 Å². The molecule has 1 amide bonds. The molecule has 1 aliphatic heterocycles. The molecule has 1 saturated carbocycles. The van der Waals surface area contributed by atoms with Gasteiger partial charge in [-0.2, -0.15) is 5.10 Å². The van der Waals surface area contributed by atoms with E-state index in [0.717, 1.165) is 42.5 Å². The lowest BCUT2D eigenvalue weighted by molar-refractivity contribution is -0.124. The standard InChI is InChI=1S/C22H32N6OS/c1-22(2,3)23-19(29)15-25-11-13-26(14-12-25)16-27-21(30)28(18-7-5-4-6-8-18)20(24-27)17-9-10-17/h4-8,17H,9-16H2,1-3H3,(H,23,29). The van der Waals surface area contributed by atoms with Gasteiger partial charge in [-0.05, 0) is 58.0 Å². The van der Waals surface area contributed by atoms with Crippen LogP contribution in [0.15, 0.2) is 30.3 Å². The molecule has 0 spiro atoms. The Hall–Kier alpha value is -2.03. The van der Waals surface area contributed by atoms with Crippen molar-refractivity contribution in [2.75, 3.05) is 32.7 Å². The molecule has 30 heavy (non-hydrogen) atoms. The van der Waals surface area contributed by atoms with Crippen molar-refractivity contribution in [2.45, 2.75) is 51.7 Å². The molecule has 7 nitrogen and oxygen atoms in total. The van der Waals surface area contributed by atoms with Gasteiger partial charge in [-0.25, -0.2) is 4.68 Å². The van der Waals surface area contributed by atoms with E-state index in [9.17, 15) is 4.79 Å². The summed E-state index contributed by atoms with van der Waals surface area (Å²) in [5, 5.41) is 7.95. The van der Waals surface area contributed by atoms with Gasteiger partial charge in [-0.15, -0.1) is 0 Å². The third-order valence-corrected chi connectivity index (χ3v) is 5.90. The minimum Gasteiger partial charge on any atom is -0.350 e. The SMILES string of the molecule is CC(C)(C)NC(=O)CN1CCN(Cn2nc(C3CC3)n(-c3ccccc3)c2=S)CC1. The van der Waals surface area contributed by atoms with E-state index in [1.54, 1.807) is 0 Å². The highest BCUT2D eigenvalue weighted by Crippen LogP contribution is 2.40. The number of carbonyl (C=O) groups is 1. The average molecular weight is 429 g/mol. The Morgan fingerprint density at radius 2 is 1.73 bits per heavy atom. The molecule has 1 saturated heterocycles. The van der Waals surface area contributed by atoms with Crippen molar-refractivity contribution in [1.82, 2.24) is 29.5 Å². The van der Waals surface area contributed by atoms with E-state index >= 15 is 0 Å². The van der Waals surface area contributed by atoms with Gasteiger partial charge in [0, 0.05) is 43.3 Å².